The zero-order valence-corrected chi connectivity index (χ0v) is 12.0. The maximum Gasteiger partial charge on any atom is 0.128 e. The van der Waals surface area contributed by atoms with Crippen molar-refractivity contribution in [3.05, 3.63) is 69.7 Å². The number of rotatable bonds is 4. The molecule has 0 spiro atoms. The lowest BCUT2D eigenvalue weighted by atomic mass is 10.1. The van der Waals surface area contributed by atoms with Crippen LogP contribution in [0.4, 0.5) is 8.78 Å². The van der Waals surface area contributed by atoms with Gasteiger partial charge in [-0.25, -0.2) is 8.78 Å². The molecule has 19 heavy (non-hydrogen) atoms. The Morgan fingerprint density at radius 3 is 2.63 bits per heavy atom. The van der Waals surface area contributed by atoms with Crippen molar-refractivity contribution in [2.75, 3.05) is 0 Å². The number of hydrogen-bond donors (Lipinski definition) is 1. The smallest absolute Gasteiger partial charge is 0.128 e. The van der Waals surface area contributed by atoms with Crippen LogP contribution in [-0.4, -0.2) is 0 Å². The molecule has 2 rings (SSSR count). The highest BCUT2D eigenvalue weighted by atomic mass is 79.9. The Morgan fingerprint density at radius 2 is 1.95 bits per heavy atom. The van der Waals surface area contributed by atoms with Gasteiger partial charge in [0.1, 0.15) is 11.6 Å². The fraction of sp³-hybridized carbons (Fsp3) is 0.200. The Hall–Kier alpha value is -1.26. The van der Waals surface area contributed by atoms with Gasteiger partial charge in [-0.05, 0) is 36.8 Å². The van der Waals surface area contributed by atoms with Gasteiger partial charge in [-0.15, -0.1) is 0 Å². The van der Waals surface area contributed by atoms with Gasteiger partial charge in [0.05, 0.1) is 0 Å². The molecule has 0 unspecified atom stereocenters. The quantitative estimate of drug-likeness (QED) is 0.867. The molecular weight excluding hydrogens is 312 g/mol. The lowest BCUT2D eigenvalue weighted by molar-refractivity contribution is 0.539. The summed E-state index contributed by atoms with van der Waals surface area (Å²) in [6, 6.07) is 11.3. The van der Waals surface area contributed by atoms with Gasteiger partial charge in [0.2, 0.25) is 0 Å². The summed E-state index contributed by atoms with van der Waals surface area (Å²) < 4.78 is 27.5. The molecule has 4 heteroatoms. The number of halogens is 3. The van der Waals surface area contributed by atoms with Gasteiger partial charge >= 0.3 is 0 Å². The second-order valence-electron chi connectivity index (χ2n) is 4.39. The van der Waals surface area contributed by atoms with E-state index < -0.39 is 0 Å². The van der Waals surface area contributed by atoms with Crippen molar-refractivity contribution in [1.82, 2.24) is 5.32 Å². The molecular formula is C15H14BrF2N. The third kappa shape index (κ3) is 3.85. The lowest BCUT2D eigenvalue weighted by Crippen LogP contribution is -2.18. The minimum atomic E-state index is -0.263. The molecule has 0 aliphatic heterocycles. The van der Waals surface area contributed by atoms with Gasteiger partial charge < -0.3 is 5.32 Å². The molecule has 0 aliphatic carbocycles. The Labute approximate surface area is 119 Å². The predicted molar refractivity (Wildman–Crippen MR) is 75.8 cm³/mol. The van der Waals surface area contributed by atoms with Crippen molar-refractivity contribution in [2.24, 2.45) is 0 Å². The Kier molecular flexibility index (Phi) is 4.66. The summed E-state index contributed by atoms with van der Waals surface area (Å²) >= 11 is 3.22. The van der Waals surface area contributed by atoms with Crippen molar-refractivity contribution in [3.8, 4) is 0 Å². The number of benzene rings is 2. The van der Waals surface area contributed by atoms with Crippen LogP contribution in [0, 0.1) is 11.6 Å². The van der Waals surface area contributed by atoms with Crippen LogP contribution in [-0.2, 0) is 6.54 Å². The summed E-state index contributed by atoms with van der Waals surface area (Å²) in [5.41, 5.74) is 1.43. The second-order valence-corrected chi connectivity index (χ2v) is 5.31. The highest BCUT2D eigenvalue weighted by molar-refractivity contribution is 9.10. The summed E-state index contributed by atoms with van der Waals surface area (Å²) in [4.78, 5) is 0. The highest BCUT2D eigenvalue weighted by Gasteiger charge is 2.08. The molecule has 0 saturated carbocycles. The van der Waals surface area contributed by atoms with E-state index in [-0.39, 0.29) is 17.7 Å². The zero-order chi connectivity index (χ0) is 13.8. The van der Waals surface area contributed by atoms with Crippen molar-refractivity contribution < 1.29 is 8.78 Å². The summed E-state index contributed by atoms with van der Waals surface area (Å²) in [6.07, 6.45) is 0. The predicted octanol–water partition coefficient (Wildman–Crippen LogP) is 4.58. The van der Waals surface area contributed by atoms with Crippen molar-refractivity contribution in [2.45, 2.75) is 19.5 Å². The van der Waals surface area contributed by atoms with Crippen LogP contribution in [0.5, 0.6) is 0 Å². The molecule has 1 N–H and O–H groups in total. The van der Waals surface area contributed by atoms with Crippen LogP contribution in [0.25, 0.3) is 0 Å². The summed E-state index contributed by atoms with van der Waals surface area (Å²) in [5.74, 6) is -0.519. The zero-order valence-electron chi connectivity index (χ0n) is 10.5. The molecule has 0 aliphatic rings. The first-order valence-corrected chi connectivity index (χ1v) is 6.78. The Bertz CT molecular complexity index is 572. The average molecular weight is 326 g/mol. The van der Waals surface area contributed by atoms with Gasteiger partial charge in [0, 0.05) is 22.6 Å². The fourth-order valence-electron chi connectivity index (χ4n) is 1.82. The second kappa shape index (κ2) is 6.26. The molecule has 1 nitrogen and oxygen atoms in total. The van der Waals surface area contributed by atoms with E-state index in [1.54, 1.807) is 18.2 Å². The standard InChI is InChI=1S/C15H14BrF2N/c1-10(11-3-2-4-14(17)7-11)19-9-12-5-6-13(16)8-15(12)18/h2-8,10,19H,9H2,1H3/t10-/m1/s1. The van der Waals surface area contributed by atoms with E-state index in [4.69, 9.17) is 0 Å². The van der Waals surface area contributed by atoms with Crippen LogP contribution < -0.4 is 5.32 Å². The first kappa shape index (κ1) is 14.2. The molecule has 2 aromatic carbocycles. The maximum atomic E-state index is 13.6. The minimum absolute atomic E-state index is 0.0428. The van der Waals surface area contributed by atoms with Crippen LogP contribution in [0.15, 0.2) is 46.9 Å². The molecule has 0 bridgehead atoms. The average Bonchev–Trinajstić information content (AvgIpc) is 2.37. The van der Waals surface area contributed by atoms with E-state index >= 15 is 0 Å². The summed E-state index contributed by atoms with van der Waals surface area (Å²) in [7, 11) is 0. The van der Waals surface area contributed by atoms with E-state index in [9.17, 15) is 8.78 Å². The third-order valence-corrected chi connectivity index (χ3v) is 3.46. The maximum absolute atomic E-state index is 13.6. The third-order valence-electron chi connectivity index (χ3n) is 2.96. The molecule has 0 radical (unpaired) electrons. The van der Waals surface area contributed by atoms with Gasteiger partial charge in [0.15, 0.2) is 0 Å². The van der Waals surface area contributed by atoms with Crippen LogP contribution in [0.3, 0.4) is 0 Å². The first-order valence-electron chi connectivity index (χ1n) is 5.99. The number of nitrogens with one attached hydrogen (secondary N) is 1. The van der Waals surface area contributed by atoms with Gasteiger partial charge in [-0.3, -0.25) is 0 Å². The van der Waals surface area contributed by atoms with E-state index in [1.165, 1.54) is 18.2 Å². The van der Waals surface area contributed by atoms with Gasteiger partial charge in [-0.1, -0.05) is 34.1 Å². The molecule has 2 aromatic rings. The summed E-state index contributed by atoms with van der Waals surface area (Å²) in [6.45, 7) is 2.32. The minimum Gasteiger partial charge on any atom is -0.306 e. The normalized spacial score (nSPS) is 12.4. The van der Waals surface area contributed by atoms with E-state index in [0.717, 1.165) is 5.56 Å². The van der Waals surface area contributed by atoms with Crippen LogP contribution in [0.1, 0.15) is 24.1 Å². The largest absolute Gasteiger partial charge is 0.306 e. The molecule has 0 amide bonds. The molecule has 0 aromatic heterocycles. The fourth-order valence-corrected chi connectivity index (χ4v) is 2.16. The molecule has 0 heterocycles. The van der Waals surface area contributed by atoms with E-state index in [2.05, 4.69) is 21.2 Å². The molecule has 1 atom stereocenters. The van der Waals surface area contributed by atoms with Crippen molar-refractivity contribution >= 4 is 15.9 Å². The van der Waals surface area contributed by atoms with Crippen LogP contribution >= 0.6 is 15.9 Å². The van der Waals surface area contributed by atoms with Gasteiger partial charge in [0.25, 0.3) is 0 Å². The molecule has 100 valence electrons. The first-order chi connectivity index (χ1) is 9.06. The monoisotopic (exact) mass is 325 g/mol. The van der Waals surface area contributed by atoms with Crippen molar-refractivity contribution in [3.63, 3.8) is 0 Å². The summed E-state index contributed by atoms with van der Waals surface area (Å²) in [5, 5.41) is 3.18. The molecule has 0 fully saturated rings. The van der Waals surface area contributed by atoms with E-state index in [0.29, 0.717) is 16.6 Å². The van der Waals surface area contributed by atoms with Gasteiger partial charge in [-0.2, -0.15) is 0 Å². The Balaban J connectivity index is 2.02. The SMILES string of the molecule is C[C@@H](NCc1ccc(Br)cc1F)c1cccc(F)c1. The Morgan fingerprint density at radius 1 is 1.16 bits per heavy atom. The lowest BCUT2D eigenvalue weighted by Gasteiger charge is -2.14. The highest BCUT2D eigenvalue weighted by Crippen LogP contribution is 2.17. The van der Waals surface area contributed by atoms with Crippen molar-refractivity contribution in [1.29, 1.82) is 0 Å². The number of hydrogen-bond acceptors (Lipinski definition) is 1. The van der Waals surface area contributed by atoms with E-state index in [1.807, 2.05) is 13.0 Å². The van der Waals surface area contributed by atoms with Crippen LogP contribution in [0.2, 0.25) is 0 Å². The topological polar surface area (TPSA) is 12.0 Å². The molecule has 0 saturated heterocycles.